The number of ether oxygens (including phenoxy) is 1. The Morgan fingerprint density at radius 1 is 1.14 bits per heavy atom. The van der Waals surface area contributed by atoms with Crippen LogP contribution in [0.1, 0.15) is 12.0 Å². The Morgan fingerprint density at radius 2 is 2.09 bits per heavy atom. The molecule has 0 atom stereocenters. The third kappa shape index (κ3) is 1.65. The van der Waals surface area contributed by atoms with Crippen molar-refractivity contribution in [2.45, 2.75) is 12.8 Å². The van der Waals surface area contributed by atoms with E-state index in [0.717, 1.165) is 48.8 Å². The van der Waals surface area contributed by atoms with Gasteiger partial charge in [0.2, 0.25) is 0 Å². The zero-order chi connectivity index (χ0) is 14.5. The summed E-state index contributed by atoms with van der Waals surface area (Å²) in [5.74, 6) is 1.01. The van der Waals surface area contributed by atoms with E-state index in [-0.39, 0.29) is 0 Å². The Bertz CT molecular complexity index is 866. The molecule has 0 amide bonds. The van der Waals surface area contributed by atoms with Gasteiger partial charge in [-0.15, -0.1) is 0 Å². The maximum atomic E-state index is 5.59. The number of hydrogen-bond acceptors (Lipinski definition) is 4. The van der Waals surface area contributed by atoms with Crippen molar-refractivity contribution in [1.82, 2.24) is 14.6 Å². The first-order chi connectivity index (χ1) is 10.9. The molecule has 3 aromatic rings. The minimum Gasteiger partial charge on any atom is -0.493 e. The molecule has 4 heterocycles. The van der Waals surface area contributed by atoms with E-state index in [1.54, 1.807) is 0 Å². The summed E-state index contributed by atoms with van der Waals surface area (Å²) in [6.45, 7) is 3.00. The van der Waals surface area contributed by atoms with E-state index < -0.39 is 0 Å². The Kier molecular flexibility index (Phi) is 2.44. The van der Waals surface area contributed by atoms with Crippen LogP contribution < -0.4 is 9.64 Å². The zero-order valence-electron chi connectivity index (χ0n) is 12.2. The maximum Gasteiger partial charge on any atom is 0.177 e. The van der Waals surface area contributed by atoms with Gasteiger partial charge in [-0.1, -0.05) is 0 Å². The molecular weight excluding hydrogens is 276 g/mol. The molecular formula is C17H16N4O. The summed E-state index contributed by atoms with van der Waals surface area (Å²) in [6.07, 6.45) is 6.02. The second-order valence-corrected chi connectivity index (χ2v) is 5.86. The SMILES string of the molecule is c1cc(N2CCC2)c2ncc(-c3ccc4c(c3)CCO4)n2n1. The third-order valence-corrected chi connectivity index (χ3v) is 4.56. The highest BCUT2D eigenvalue weighted by atomic mass is 16.5. The predicted molar refractivity (Wildman–Crippen MR) is 84.5 cm³/mol. The summed E-state index contributed by atoms with van der Waals surface area (Å²) >= 11 is 0. The average Bonchev–Trinajstić information content (AvgIpc) is 3.11. The molecule has 22 heavy (non-hydrogen) atoms. The van der Waals surface area contributed by atoms with E-state index in [0.29, 0.717) is 0 Å². The van der Waals surface area contributed by atoms with Crippen molar-refractivity contribution in [3.8, 4) is 17.0 Å². The van der Waals surface area contributed by atoms with Crippen LogP contribution in [0.25, 0.3) is 16.9 Å². The number of benzene rings is 1. The van der Waals surface area contributed by atoms with E-state index in [1.165, 1.54) is 17.7 Å². The van der Waals surface area contributed by atoms with Crippen molar-refractivity contribution in [2.24, 2.45) is 0 Å². The first kappa shape index (κ1) is 12.0. The van der Waals surface area contributed by atoms with Gasteiger partial charge in [0.05, 0.1) is 30.4 Å². The van der Waals surface area contributed by atoms with Crippen molar-refractivity contribution < 1.29 is 4.74 Å². The van der Waals surface area contributed by atoms with Crippen molar-refractivity contribution in [3.05, 3.63) is 42.2 Å². The normalized spacial score (nSPS) is 16.5. The van der Waals surface area contributed by atoms with E-state index in [2.05, 4.69) is 39.2 Å². The van der Waals surface area contributed by atoms with Gasteiger partial charge in [0, 0.05) is 25.1 Å². The lowest BCUT2D eigenvalue weighted by Crippen LogP contribution is -2.37. The molecule has 5 rings (SSSR count). The summed E-state index contributed by atoms with van der Waals surface area (Å²) < 4.78 is 7.54. The molecule has 1 saturated heterocycles. The average molecular weight is 292 g/mol. The second kappa shape index (κ2) is 4.47. The summed E-state index contributed by atoms with van der Waals surface area (Å²) in [7, 11) is 0. The Hall–Kier alpha value is -2.56. The smallest absolute Gasteiger partial charge is 0.177 e. The van der Waals surface area contributed by atoms with Gasteiger partial charge in [-0.05, 0) is 36.2 Å². The minimum atomic E-state index is 0.781. The van der Waals surface area contributed by atoms with Crippen molar-refractivity contribution in [3.63, 3.8) is 0 Å². The monoisotopic (exact) mass is 292 g/mol. The molecule has 1 aromatic carbocycles. The van der Waals surface area contributed by atoms with Gasteiger partial charge in [-0.2, -0.15) is 5.10 Å². The minimum absolute atomic E-state index is 0.781. The van der Waals surface area contributed by atoms with E-state index in [4.69, 9.17) is 4.74 Å². The van der Waals surface area contributed by atoms with Gasteiger partial charge in [-0.3, -0.25) is 0 Å². The molecule has 0 unspecified atom stereocenters. The van der Waals surface area contributed by atoms with Crippen LogP contribution in [0.3, 0.4) is 0 Å². The largest absolute Gasteiger partial charge is 0.493 e. The standard InChI is InChI=1S/C17H16N4O/c1-7-20(8-1)14-4-6-19-21-15(11-18-17(14)21)12-2-3-16-13(10-12)5-9-22-16/h2-4,6,10-11H,1,5,7-9H2. The number of aromatic nitrogens is 3. The molecule has 0 saturated carbocycles. The predicted octanol–water partition coefficient (Wildman–Crippen LogP) is 2.54. The van der Waals surface area contributed by atoms with Crippen LogP contribution in [0.15, 0.2) is 36.7 Å². The highest BCUT2D eigenvalue weighted by molar-refractivity contribution is 5.74. The number of imidazole rings is 1. The van der Waals surface area contributed by atoms with E-state index in [9.17, 15) is 0 Å². The maximum absolute atomic E-state index is 5.59. The van der Waals surface area contributed by atoms with Crippen LogP contribution in [0.2, 0.25) is 0 Å². The number of anilines is 1. The molecule has 0 aliphatic carbocycles. The highest BCUT2D eigenvalue weighted by Crippen LogP contribution is 2.32. The molecule has 2 aliphatic heterocycles. The number of hydrogen-bond donors (Lipinski definition) is 0. The highest BCUT2D eigenvalue weighted by Gasteiger charge is 2.20. The second-order valence-electron chi connectivity index (χ2n) is 5.86. The Balaban J connectivity index is 1.66. The van der Waals surface area contributed by atoms with E-state index in [1.807, 2.05) is 16.9 Å². The number of rotatable bonds is 2. The number of fused-ring (bicyclic) bond motifs is 2. The molecule has 5 nitrogen and oxygen atoms in total. The quantitative estimate of drug-likeness (QED) is 0.728. The topological polar surface area (TPSA) is 42.7 Å². The lowest BCUT2D eigenvalue weighted by Gasteiger charge is -2.32. The van der Waals surface area contributed by atoms with Crippen LogP contribution in [-0.2, 0) is 6.42 Å². The first-order valence-corrected chi connectivity index (χ1v) is 7.74. The lowest BCUT2D eigenvalue weighted by molar-refractivity contribution is 0.357. The van der Waals surface area contributed by atoms with E-state index >= 15 is 0 Å². The van der Waals surface area contributed by atoms with Gasteiger partial charge in [-0.25, -0.2) is 9.50 Å². The van der Waals surface area contributed by atoms with Crippen molar-refractivity contribution in [1.29, 1.82) is 0 Å². The van der Waals surface area contributed by atoms with Gasteiger partial charge >= 0.3 is 0 Å². The first-order valence-electron chi connectivity index (χ1n) is 7.74. The van der Waals surface area contributed by atoms with Crippen LogP contribution >= 0.6 is 0 Å². The molecule has 2 aliphatic rings. The molecule has 0 spiro atoms. The molecule has 1 fully saturated rings. The zero-order valence-corrected chi connectivity index (χ0v) is 12.2. The summed E-state index contributed by atoms with van der Waals surface area (Å²) in [5.41, 5.74) is 5.56. The van der Waals surface area contributed by atoms with Crippen LogP contribution in [0.4, 0.5) is 5.69 Å². The molecule has 0 N–H and O–H groups in total. The Labute approximate surface area is 128 Å². The number of nitrogens with zero attached hydrogens (tertiary/aromatic N) is 4. The molecule has 2 aromatic heterocycles. The fourth-order valence-electron chi connectivity index (χ4n) is 3.23. The van der Waals surface area contributed by atoms with Gasteiger partial charge < -0.3 is 9.64 Å². The molecule has 0 bridgehead atoms. The summed E-state index contributed by atoms with van der Waals surface area (Å²) in [5, 5.41) is 4.51. The third-order valence-electron chi connectivity index (χ3n) is 4.56. The van der Waals surface area contributed by atoms with Crippen molar-refractivity contribution >= 4 is 11.3 Å². The van der Waals surface area contributed by atoms with Gasteiger partial charge in [0.15, 0.2) is 5.65 Å². The molecule has 110 valence electrons. The molecule has 0 radical (unpaired) electrons. The fraction of sp³-hybridized carbons (Fsp3) is 0.294. The lowest BCUT2D eigenvalue weighted by atomic mass is 10.1. The van der Waals surface area contributed by atoms with Crippen LogP contribution in [0.5, 0.6) is 5.75 Å². The van der Waals surface area contributed by atoms with Gasteiger partial charge in [0.25, 0.3) is 0 Å². The Morgan fingerprint density at radius 3 is 2.95 bits per heavy atom. The van der Waals surface area contributed by atoms with Crippen molar-refractivity contribution in [2.75, 3.05) is 24.6 Å². The summed E-state index contributed by atoms with van der Waals surface area (Å²) in [4.78, 5) is 6.97. The summed E-state index contributed by atoms with van der Waals surface area (Å²) in [6, 6.07) is 8.40. The molecule has 5 heteroatoms. The van der Waals surface area contributed by atoms with Crippen LogP contribution in [0, 0.1) is 0 Å². The van der Waals surface area contributed by atoms with Crippen LogP contribution in [-0.4, -0.2) is 34.3 Å². The fourth-order valence-corrected chi connectivity index (χ4v) is 3.23. The van der Waals surface area contributed by atoms with Gasteiger partial charge in [0.1, 0.15) is 5.75 Å².